The highest BCUT2D eigenvalue weighted by Gasteiger charge is 2.20. The number of nitrogens with two attached hydrogens (primary N) is 1. The molecule has 3 N–H and O–H groups in total. The molecule has 1 aliphatic heterocycles. The molecule has 19 heavy (non-hydrogen) atoms. The number of nitrogens with one attached hydrogen (secondary N) is 1. The minimum Gasteiger partial charge on any atom is -0.271 e. The largest absolute Gasteiger partial charge is 0.271 e. The van der Waals surface area contributed by atoms with E-state index in [9.17, 15) is 0 Å². The van der Waals surface area contributed by atoms with Gasteiger partial charge in [-0.3, -0.25) is 16.0 Å². The maximum Gasteiger partial charge on any atom is 0.138 e. The molecule has 5 nitrogen and oxygen atoms in total. The zero-order valence-corrected chi connectivity index (χ0v) is 12.4. The monoisotopic (exact) mass is 295 g/mol. The zero-order chi connectivity index (χ0) is 13.2. The van der Waals surface area contributed by atoms with E-state index in [0.717, 1.165) is 18.0 Å². The molecule has 3 rings (SSSR count). The Hall–Kier alpha value is -0.890. The third kappa shape index (κ3) is 2.69. The summed E-state index contributed by atoms with van der Waals surface area (Å²) in [5.74, 6) is 9.04. The lowest BCUT2D eigenvalue weighted by atomic mass is 10.1. The fourth-order valence-corrected chi connectivity index (χ4v) is 4.71. The lowest BCUT2D eigenvalue weighted by Gasteiger charge is -2.13. The molecule has 0 amide bonds. The van der Waals surface area contributed by atoms with Crippen LogP contribution in [0.3, 0.4) is 0 Å². The SMILES string of the molecule is Cn1ncnc1CC(NN)c1cc2c(s1)CCSC2. The first-order valence-corrected chi connectivity index (χ1v) is 8.23. The fourth-order valence-electron chi connectivity index (χ4n) is 2.27. The van der Waals surface area contributed by atoms with Crippen molar-refractivity contribution < 1.29 is 0 Å². The summed E-state index contributed by atoms with van der Waals surface area (Å²) in [5, 5.41) is 4.10. The van der Waals surface area contributed by atoms with E-state index in [1.165, 1.54) is 27.5 Å². The summed E-state index contributed by atoms with van der Waals surface area (Å²) in [7, 11) is 1.91. The maximum atomic E-state index is 5.72. The number of aromatic nitrogens is 3. The van der Waals surface area contributed by atoms with E-state index in [2.05, 4.69) is 21.6 Å². The molecule has 0 fully saturated rings. The second-order valence-corrected chi connectivity index (χ2v) is 6.90. The molecule has 0 saturated carbocycles. The van der Waals surface area contributed by atoms with Crippen LogP contribution >= 0.6 is 23.1 Å². The standard InChI is InChI=1S/C12H17N5S2/c1-17-12(14-7-15-17)5-9(16-13)11-4-8-6-18-3-2-10(8)19-11/h4,7,9,16H,2-3,5-6,13H2,1H3. The molecule has 0 aliphatic carbocycles. The predicted molar refractivity (Wildman–Crippen MR) is 79.0 cm³/mol. The number of aryl methyl sites for hydroxylation is 2. The second-order valence-electron chi connectivity index (χ2n) is 4.62. The van der Waals surface area contributed by atoms with Crippen molar-refractivity contribution in [1.82, 2.24) is 20.2 Å². The average molecular weight is 295 g/mol. The van der Waals surface area contributed by atoms with Gasteiger partial charge in [-0.25, -0.2) is 4.98 Å². The second kappa shape index (κ2) is 5.62. The number of hydrogen-bond acceptors (Lipinski definition) is 6. The summed E-state index contributed by atoms with van der Waals surface area (Å²) in [5.41, 5.74) is 4.40. The van der Waals surface area contributed by atoms with Crippen molar-refractivity contribution in [1.29, 1.82) is 0 Å². The van der Waals surface area contributed by atoms with Gasteiger partial charge in [-0.2, -0.15) is 16.9 Å². The molecule has 0 spiro atoms. The Bertz CT molecular complexity index is 539. The van der Waals surface area contributed by atoms with Crippen LogP contribution in [0.1, 0.15) is 27.2 Å². The normalized spacial score (nSPS) is 16.3. The van der Waals surface area contributed by atoms with Gasteiger partial charge in [0.25, 0.3) is 0 Å². The lowest BCUT2D eigenvalue weighted by molar-refractivity contribution is 0.530. The van der Waals surface area contributed by atoms with E-state index >= 15 is 0 Å². The van der Waals surface area contributed by atoms with E-state index in [1.807, 2.05) is 30.1 Å². The Morgan fingerprint density at radius 2 is 2.47 bits per heavy atom. The molecule has 0 radical (unpaired) electrons. The molecule has 7 heteroatoms. The number of fused-ring (bicyclic) bond motifs is 1. The maximum absolute atomic E-state index is 5.72. The van der Waals surface area contributed by atoms with Crippen LogP contribution in [0.4, 0.5) is 0 Å². The first kappa shape index (κ1) is 13.1. The highest BCUT2D eigenvalue weighted by Crippen LogP contribution is 2.35. The molecular formula is C12H17N5S2. The van der Waals surface area contributed by atoms with Crippen molar-refractivity contribution in [2.45, 2.75) is 24.6 Å². The Kier molecular flexibility index (Phi) is 3.88. The Labute approximate surface area is 120 Å². The van der Waals surface area contributed by atoms with Crippen LogP contribution in [0.2, 0.25) is 0 Å². The molecular weight excluding hydrogens is 278 g/mol. The van der Waals surface area contributed by atoms with Gasteiger partial charge >= 0.3 is 0 Å². The fraction of sp³-hybridized carbons (Fsp3) is 0.500. The van der Waals surface area contributed by atoms with Crippen molar-refractivity contribution >= 4 is 23.1 Å². The van der Waals surface area contributed by atoms with Gasteiger partial charge in [-0.1, -0.05) is 0 Å². The van der Waals surface area contributed by atoms with Crippen LogP contribution in [0.25, 0.3) is 0 Å². The van der Waals surface area contributed by atoms with E-state index in [4.69, 9.17) is 5.84 Å². The van der Waals surface area contributed by atoms with Gasteiger partial charge in [0.2, 0.25) is 0 Å². The van der Waals surface area contributed by atoms with Crippen LogP contribution in [-0.4, -0.2) is 20.5 Å². The average Bonchev–Trinajstić information content (AvgIpc) is 3.02. The van der Waals surface area contributed by atoms with Gasteiger partial charge in [-0.15, -0.1) is 11.3 Å². The Balaban J connectivity index is 1.82. The molecule has 2 aromatic heterocycles. The highest BCUT2D eigenvalue weighted by atomic mass is 32.2. The third-order valence-electron chi connectivity index (χ3n) is 3.38. The first-order chi connectivity index (χ1) is 9.28. The molecule has 0 saturated heterocycles. The Morgan fingerprint density at radius 3 is 3.16 bits per heavy atom. The van der Waals surface area contributed by atoms with Crippen LogP contribution in [0, 0.1) is 0 Å². The minimum atomic E-state index is 0.114. The van der Waals surface area contributed by atoms with E-state index < -0.39 is 0 Å². The van der Waals surface area contributed by atoms with Crippen LogP contribution in [0.5, 0.6) is 0 Å². The van der Waals surface area contributed by atoms with Crippen molar-refractivity contribution in [3.8, 4) is 0 Å². The van der Waals surface area contributed by atoms with Gasteiger partial charge in [0.05, 0.1) is 6.04 Å². The van der Waals surface area contributed by atoms with Crippen LogP contribution in [0.15, 0.2) is 12.4 Å². The minimum absolute atomic E-state index is 0.114. The van der Waals surface area contributed by atoms with Gasteiger partial charge in [0.1, 0.15) is 12.2 Å². The van der Waals surface area contributed by atoms with Crippen LogP contribution in [-0.2, 0) is 25.6 Å². The zero-order valence-electron chi connectivity index (χ0n) is 10.8. The molecule has 2 aromatic rings. The number of thioether (sulfide) groups is 1. The number of hydrazine groups is 1. The predicted octanol–water partition coefficient (Wildman–Crippen LogP) is 1.41. The number of rotatable bonds is 4. The Morgan fingerprint density at radius 1 is 1.58 bits per heavy atom. The molecule has 1 unspecified atom stereocenters. The summed E-state index contributed by atoms with van der Waals surface area (Å²) in [6.45, 7) is 0. The molecule has 0 aromatic carbocycles. The quantitative estimate of drug-likeness (QED) is 0.659. The van der Waals surface area contributed by atoms with Gasteiger partial charge < -0.3 is 0 Å². The molecule has 1 atom stereocenters. The van der Waals surface area contributed by atoms with Crippen molar-refractivity contribution in [2.24, 2.45) is 12.9 Å². The highest BCUT2D eigenvalue weighted by molar-refractivity contribution is 7.98. The number of nitrogens with zero attached hydrogens (tertiary/aromatic N) is 3. The van der Waals surface area contributed by atoms with Crippen LogP contribution < -0.4 is 11.3 Å². The van der Waals surface area contributed by atoms with E-state index in [1.54, 1.807) is 11.0 Å². The van der Waals surface area contributed by atoms with Crippen molar-refractivity contribution in [3.05, 3.63) is 33.5 Å². The third-order valence-corrected chi connectivity index (χ3v) is 5.74. The van der Waals surface area contributed by atoms with Crippen molar-refractivity contribution in [2.75, 3.05) is 5.75 Å². The van der Waals surface area contributed by atoms with Gasteiger partial charge in [0, 0.05) is 29.0 Å². The first-order valence-electron chi connectivity index (χ1n) is 6.26. The van der Waals surface area contributed by atoms with E-state index in [-0.39, 0.29) is 6.04 Å². The number of thiophene rings is 1. The number of hydrogen-bond donors (Lipinski definition) is 2. The van der Waals surface area contributed by atoms with Crippen molar-refractivity contribution in [3.63, 3.8) is 0 Å². The summed E-state index contributed by atoms with van der Waals surface area (Å²) in [6, 6.07) is 2.41. The summed E-state index contributed by atoms with van der Waals surface area (Å²) < 4.78 is 1.80. The smallest absolute Gasteiger partial charge is 0.138 e. The molecule has 102 valence electrons. The molecule has 1 aliphatic rings. The molecule has 3 heterocycles. The summed E-state index contributed by atoms with van der Waals surface area (Å²) in [6.07, 6.45) is 3.53. The summed E-state index contributed by atoms with van der Waals surface area (Å²) in [4.78, 5) is 7.09. The lowest BCUT2D eigenvalue weighted by Crippen LogP contribution is -2.29. The van der Waals surface area contributed by atoms with Gasteiger partial charge in [-0.05, 0) is 23.8 Å². The topological polar surface area (TPSA) is 68.8 Å². The van der Waals surface area contributed by atoms with Gasteiger partial charge in [0.15, 0.2) is 0 Å². The van der Waals surface area contributed by atoms with E-state index in [0.29, 0.717) is 0 Å². The summed E-state index contributed by atoms with van der Waals surface area (Å²) >= 11 is 3.89. The molecule has 0 bridgehead atoms.